The minimum Gasteiger partial charge on any atom is -0.497 e. The number of thioether (sulfide) groups is 1. The van der Waals surface area contributed by atoms with E-state index in [0.717, 1.165) is 74.6 Å². The average molecular weight is 1830 g/mol. The summed E-state index contributed by atoms with van der Waals surface area (Å²) in [5.74, 6) is 9.71. The minimum atomic E-state index is -0.510. The van der Waals surface area contributed by atoms with Gasteiger partial charge in [-0.15, -0.1) is 11.8 Å². The Morgan fingerprint density at radius 1 is 0.311 bits per heavy atom. The molecule has 12 aromatic rings. The molecule has 0 bridgehead atoms. The summed E-state index contributed by atoms with van der Waals surface area (Å²) in [6.07, 6.45) is 4.81. The van der Waals surface area contributed by atoms with E-state index in [4.69, 9.17) is 82.7 Å². The SMILES string of the molecule is COc1cc2c(cc1OC)C(COc1ccc(SC)cc1)N(C(=O)c1ccccc1)CC2.COc1ccc(OCC2c3cc(OC)c(OC)cc3CCN2C(=O)c2cccc([N+](=O)[O-])c2)cc1.COc1ccc(OCC2c3cc(OC)c(OC)cc3CCN2C(=O)c2ccccc2)cc1.COc1ccc(OC[C@@H]2c3cc(OC)c(OC)cc3CCN2C(=O)c2cccc(Cl)c2)cc1. The van der Waals surface area contributed by atoms with Crippen molar-refractivity contribution < 1.29 is 95.2 Å². The maximum atomic E-state index is 13.5. The number of fused-ring (bicyclic) bond motifs is 4. The number of ether oxygens (including phenoxy) is 15. The molecule has 0 N–H and O–H groups in total. The molecular formula is C104H106ClN5O21S. The molecule has 0 fully saturated rings. The number of methoxy groups -OCH3 is 11. The van der Waals surface area contributed by atoms with Crippen LogP contribution < -0.4 is 71.1 Å². The summed E-state index contributed by atoms with van der Waals surface area (Å²) in [6, 6.07) is 75.9. The van der Waals surface area contributed by atoms with Crippen LogP contribution in [0.25, 0.3) is 0 Å². The highest BCUT2D eigenvalue weighted by Crippen LogP contribution is 2.45. The van der Waals surface area contributed by atoms with Gasteiger partial charge in [-0.25, -0.2) is 0 Å². The van der Waals surface area contributed by atoms with Gasteiger partial charge in [-0.3, -0.25) is 29.3 Å². The number of halogens is 1. The lowest BCUT2D eigenvalue weighted by Crippen LogP contribution is -2.42. The number of benzene rings is 12. The molecule has 4 aliphatic rings. The van der Waals surface area contributed by atoms with Gasteiger partial charge in [0, 0.05) is 70.5 Å². The minimum absolute atomic E-state index is 0.00244. The van der Waals surface area contributed by atoms with Gasteiger partial charge >= 0.3 is 0 Å². The molecular weight excluding hydrogens is 1720 g/mol. The van der Waals surface area contributed by atoms with Crippen molar-refractivity contribution in [1.29, 1.82) is 0 Å². The number of hydrogen-bond donors (Lipinski definition) is 0. The number of hydrogen-bond acceptors (Lipinski definition) is 22. The first-order chi connectivity index (χ1) is 64.3. The van der Waals surface area contributed by atoms with E-state index in [9.17, 15) is 29.3 Å². The number of nitrogens with zero attached hydrogens (tertiary/aromatic N) is 5. The van der Waals surface area contributed by atoms with Gasteiger partial charge < -0.3 is 90.7 Å². The molecule has 26 nitrogen and oxygen atoms in total. The molecule has 0 aliphatic carbocycles. The number of carbonyl (C=O) groups excluding carboxylic acids is 4. The monoisotopic (exact) mass is 1830 g/mol. The molecule has 4 amide bonds. The van der Waals surface area contributed by atoms with Crippen molar-refractivity contribution in [3.8, 4) is 86.2 Å². The van der Waals surface area contributed by atoms with Gasteiger partial charge in [0.25, 0.3) is 29.3 Å². The zero-order valence-corrected chi connectivity index (χ0v) is 77.2. The molecule has 28 heteroatoms. The summed E-state index contributed by atoms with van der Waals surface area (Å²) >= 11 is 7.84. The molecule has 0 aromatic heterocycles. The lowest BCUT2D eigenvalue weighted by molar-refractivity contribution is -0.384. The second kappa shape index (κ2) is 45.7. The van der Waals surface area contributed by atoms with Gasteiger partial charge in [-0.1, -0.05) is 60.1 Å². The number of non-ortho nitro benzene ring substituents is 1. The Labute approximate surface area is 777 Å². The van der Waals surface area contributed by atoms with Crippen LogP contribution in [0.5, 0.6) is 86.2 Å². The molecule has 0 saturated carbocycles. The third-order valence-corrected chi connectivity index (χ3v) is 24.3. The first-order valence-electron chi connectivity index (χ1n) is 42.7. The van der Waals surface area contributed by atoms with Gasteiger partial charge in [0.05, 0.1) is 107 Å². The van der Waals surface area contributed by atoms with E-state index < -0.39 is 11.0 Å². The van der Waals surface area contributed by atoms with Crippen molar-refractivity contribution in [2.45, 2.75) is 54.7 Å². The van der Waals surface area contributed by atoms with Crippen molar-refractivity contribution in [2.24, 2.45) is 0 Å². The molecule has 4 atom stereocenters. The maximum absolute atomic E-state index is 13.5. The zero-order valence-electron chi connectivity index (χ0n) is 75.6. The van der Waals surface area contributed by atoms with Crippen molar-refractivity contribution in [3.05, 3.63) is 337 Å². The molecule has 16 rings (SSSR count). The Balaban J connectivity index is 0.000000150. The third kappa shape index (κ3) is 22.9. The Morgan fingerprint density at radius 3 is 0.826 bits per heavy atom. The predicted molar refractivity (Wildman–Crippen MR) is 505 cm³/mol. The maximum Gasteiger partial charge on any atom is 0.270 e. The summed E-state index contributed by atoms with van der Waals surface area (Å²) in [5.41, 5.74) is 10.3. The summed E-state index contributed by atoms with van der Waals surface area (Å²) in [6.45, 7) is 3.28. The van der Waals surface area contributed by atoms with Crippen LogP contribution in [-0.2, 0) is 25.7 Å². The standard InChI is InChI=1S/C26H26ClNO5.C26H26N2O7.C26H27NO5.C26H27NO4S/c1-30-20-7-9-21(10-8-20)33-16-23-22-15-25(32-3)24(31-2)14-17(22)11-12-28(23)26(29)18-5-4-6-19(27)13-18;1-32-20-7-9-21(10-8-20)35-16-23-22-15-25(34-3)24(33-2)14-17(22)11-12-27(23)26(29)18-5-4-6-19(13-18)28(30)31;1-29-20-9-11-21(12-10-20)32-17-23-22-16-25(31-3)24(30-2)15-19(22)13-14-27(23)26(28)18-7-5-4-6-8-18;1-29-24-15-19-13-14-27(26(28)18-7-5-4-6-8-18)23(22(19)16-25(24)30-2)17-31-20-9-11-21(32-3)12-10-20/h4-10,13-15,23H,11-12,16H2,1-3H3;4-10,13-15,23H,11-12,16H2,1-3H3;2*4-12,15-16,23H,13-14,17H2,1-3H3/t23-;;;/m1.../s1. The third-order valence-electron chi connectivity index (χ3n) is 23.3. The van der Waals surface area contributed by atoms with E-state index in [1.807, 2.05) is 203 Å². The summed E-state index contributed by atoms with van der Waals surface area (Å²) in [4.78, 5) is 73.0. The highest BCUT2D eigenvalue weighted by atomic mass is 35.5. The first kappa shape index (κ1) is 95.2. The largest absolute Gasteiger partial charge is 0.497 e. The van der Waals surface area contributed by atoms with Crippen molar-refractivity contribution in [3.63, 3.8) is 0 Å². The molecule has 686 valence electrons. The fourth-order valence-electron chi connectivity index (χ4n) is 16.4. The van der Waals surface area contributed by atoms with Crippen LogP contribution in [0.3, 0.4) is 0 Å². The van der Waals surface area contributed by atoms with Crippen LogP contribution >= 0.6 is 23.4 Å². The van der Waals surface area contributed by atoms with E-state index >= 15 is 0 Å². The zero-order chi connectivity index (χ0) is 93.3. The van der Waals surface area contributed by atoms with E-state index in [0.29, 0.717) is 143 Å². The molecule has 4 aliphatic heterocycles. The lowest BCUT2D eigenvalue weighted by Gasteiger charge is -2.37. The topological polar surface area (TPSA) is 263 Å². The number of carbonyl (C=O) groups is 4. The molecule has 0 radical (unpaired) electrons. The number of nitro groups is 1. The van der Waals surface area contributed by atoms with Crippen LogP contribution in [0.4, 0.5) is 5.69 Å². The number of rotatable bonds is 29. The molecule has 0 spiro atoms. The quantitative estimate of drug-likeness (QED) is 0.0239. The number of amides is 4. The van der Waals surface area contributed by atoms with E-state index in [1.54, 1.807) is 149 Å². The van der Waals surface area contributed by atoms with Gasteiger partial charge in [-0.2, -0.15) is 0 Å². The van der Waals surface area contributed by atoms with Crippen LogP contribution in [0, 0.1) is 10.1 Å². The van der Waals surface area contributed by atoms with Gasteiger partial charge in [0.2, 0.25) is 0 Å². The molecule has 12 aromatic carbocycles. The Bertz CT molecular complexity index is 5770. The molecule has 4 heterocycles. The second-order valence-corrected chi connectivity index (χ2v) is 32.0. The Morgan fingerprint density at radius 2 is 0.561 bits per heavy atom. The highest BCUT2D eigenvalue weighted by molar-refractivity contribution is 7.98. The molecule has 0 saturated heterocycles. The van der Waals surface area contributed by atoms with Crippen molar-refractivity contribution >= 4 is 52.7 Å². The van der Waals surface area contributed by atoms with Crippen LogP contribution in [0.15, 0.2) is 260 Å². The van der Waals surface area contributed by atoms with E-state index in [-0.39, 0.29) is 66.2 Å². The lowest BCUT2D eigenvalue weighted by atomic mass is 9.91. The number of nitro benzene ring substituents is 1. The van der Waals surface area contributed by atoms with Gasteiger partial charge in [0.15, 0.2) is 46.0 Å². The van der Waals surface area contributed by atoms with Crippen LogP contribution in [0.1, 0.15) is 110 Å². The smallest absolute Gasteiger partial charge is 0.270 e. The predicted octanol–water partition coefficient (Wildman–Crippen LogP) is 19.4. The Kier molecular flexibility index (Phi) is 32.9. The normalized spacial score (nSPS) is 14.9. The van der Waals surface area contributed by atoms with E-state index in [2.05, 4.69) is 0 Å². The van der Waals surface area contributed by atoms with Crippen molar-refractivity contribution in [1.82, 2.24) is 19.6 Å². The summed E-state index contributed by atoms with van der Waals surface area (Å²) in [7, 11) is 17.7. The van der Waals surface area contributed by atoms with Crippen LogP contribution in [-0.4, -0.2) is 185 Å². The average Bonchev–Trinajstić information content (AvgIpc) is 0.778. The summed E-state index contributed by atoms with van der Waals surface area (Å²) in [5, 5.41) is 11.8. The van der Waals surface area contributed by atoms with Crippen molar-refractivity contribution in [2.75, 3.05) is 137 Å². The Hall–Kier alpha value is -14.4. The second-order valence-electron chi connectivity index (χ2n) is 30.7. The van der Waals surface area contributed by atoms with E-state index in [1.165, 1.54) is 23.1 Å². The molecule has 3 unspecified atom stereocenters. The van der Waals surface area contributed by atoms with Gasteiger partial charge in [0.1, 0.15) is 66.7 Å². The molecule has 132 heavy (non-hydrogen) atoms. The fraction of sp³-hybridized carbons (Fsp3) is 0.269. The van der Waals surface area contributed by atoms with Crippen LogP contribution in [0.2, 0.25) is 5.02 Å². The van der Waals surface area contributed by atoms with Gasteiger partial charge in [-0.05, 0) is 271 Å². The first-order valence-corrected chi connectivity index (χ1v) is 44.3. The fourth-order valence-corrected chi connectivity index (χ4v) is 17.0. The summed E-state index contributed by atoms with van der Waals surface area (Å²) < 4.78 is 84.2. The highest BCUT2D eigenvalue weighted by Gasteiger charge is 2.39.